The Bertz CT molecular complexity index is 484. The van der Waals surface area contributed by atoms with Crippen LogP contribution in [0, 0.1) is 11.7 Å². The lowest BCUT2D eigenvalue weighted by Gasteiger charge is -2.22. The van der Waals surface area contributed by atoms with Gasteiger partial charge in [-0.1, -0.05) is 19.9 Å². The Balaban J connectivity index is 2.15. The number of rotatable bonds is 4. The maximum atomic E-state index is 13.7. The third kappa shape index (κ3) is 3.57. The topological polar surface area (TPSA) is 12.0 Å². The highest BCUT2D eigenvalue weighted by Crippen LogP contribution is 2.41. The lowest BCUT2D eigenvalue weighted by molar-refractivity contribution is -0.140. The molecular weight excluding hydrogens is 282 g/mol. The van der Waals surface area contributed by atoms with Crippen molar-refractivity contribution in [3.05, 3.63) is 35.1 Å². The molecule has 21 heavy (non-hydrogen) atoms. The van der Waals surface area contributed by atoms with E-state index in [0.717, 1.165) is 37.9 Å². The maximum Gasteiger partial charge on any atom is 0.419 e. The molecule has 0 amide bonds. The van der Waals surface area contributed by atoms with Crippen molar-refractivity contribution in [3.8, 4) is 0 Å². The van der Waals surface area contributed by atoms with E-state index in [9.17, 15) is 17.6 Å². The largest absolute Gasteiger partial charge is 0.419 e. The van der Waals surface area contributed by atoms with Crippen molar-refractivity contribution in [1.82, 2.24) is 5.32 Å². The first-order chi connectivity index (χ1) is 9.84. The molecule has 1 saturated carbocycles. The van der Waals surface area contributed by atoms with Gasteiger partial charge in [-0.25, -0.2) is 4.39 Å². The fourth-order valence-electron chi connectivity index (χ4n) is 3.25. The van der Waals surface area contributed by atoms with Gasteiger partial charge in [-0.2, -0.15) is 13.2 Å². The molecule has 1 aromatic rings. The fourth-order valence-corrected chi connectivity index (χ4v) is 3.25. The van der Waals surface area contributed by atoms with E-state index < -0.39 is 17.6 Å². The first kappa shape index (κ1) is 16.3. The normalized spacial score (nSPS) is 26.3. The molecule has 1 fully saturated rings. The number of nitrogens with one attached hydrogen (secondary N) is 1. The Morgan fingerprint density at radius 1 is 1.24 bits per heavy atom. The quantitative estimate of drug-likeness (QED) is 0.793. The number of halogens is 4. The summed E-state index contributed by atoms with van der Waals surface area (Å²) in [7, 11) is 0. The van der Waals surface area contributed by atoms with E-state index in [2.05, 4.69) is 19.2 Å². The van der Waals surface area contributed by atoms with E-state index in [0.29, 0.717) is 17.5 Å². The number of hydrogen-bond acceptors (Lipinski definition) is 1. The van der Waals surface area contributed by atoms with Crippen LogP contribution in [-0.2, 0) is 6.18 Å². The molecular formula is C16H21F4N. The standard InChI is InChI=1S/C16H21F4N/c1-3-8-21-15-7-5-12(10(15)2)11-4-6-13(14(17)9-11)16(18,19)20/h4,6,9-10,12,15,21H,3,5,7-8H2,1-2H3. The van der Waals surface area contributed by atoms with Crippen LogP contribution in [0.3, 0.4) is 0 Å². The Morgan fingerprint density at radius 2 is 1.95 bits per heavy atom. The van der Waals surface area contributed by atoms with Crippen LogP contribution in [0.15, 0.2) is 18.2 Å². The molecule has 0 bridgehead atoms. The fraction of sp³-hybridized carbons (Fsp3) is 0.625. The molecule has 1 aromatic carbocycles. The zero-order valence-electron chi connectivity index (χ0n) is 12.3. The van der Waals surface area contributed by atoms with E-state index in [1.54, 1.807) is 0 Å². The van der Waals surface area contributed by atoms with Gasteiger partial charge >= 0.3 is 6.18 Å². The van der Waals surface area contributed by atoms with E-state index in [1.807, 2.05) is 0 Å². The van der Waals surface area contributed by atoms with Crippen LogP contribution < -0.4 is 5.32 Å². The number of alkyl halides is 3. The summed E-state index contributed by atoms with van der Waals surface area (Å²) in [5.41, 5.74) is -0.508. The van der Waals surface area contributed by atoms with Gasteiger partial charge in [-0.15, -0.1) is 0 Å². The van der Waals surface area contributed by atoms with Gasteiger partial charge in [0.25, 0.3) is 0 Å². The summed E-state index contributed by atoms with van der Waals surface area (Å²) >= 11 is 0. The molecule has 0 aliphatic heterocycles. The molecule has 0 saturated heterocycles. The summed E-state index contributed by atoms with van der Waals surface area (Å²) in [6.07, 6.45) is -1.72. The zero-order chi connectivity index (χ0) is 15.6. The molecule has 0 spiro atoms. The summed E-state index contributed by atoms with van der Waals surface area (Å²) in [4.78, 5) is 0. The second-order valence-electron chi connectivity index (χ2n) is 5.84. The molecule has 3 unspecified atom stereocenters. The van der Waals surface area contributed by atoms with Gasteiger partial charge < -0.3 is 5.32 Å². The Kier molecular flexibility index (Phi) is 4.91. The van der Waals surface area contributed by atoms with Crippen LogP contribution >= 0.6 is 0 Å². The first-order valence-corrected chi connectivity index (χ1v) is 7.44. The molecule has 0 heterocycles. The predicted molar refractivity (Wildman–Crippen MR) is 74.6 cm³/mol. The van der Waals surface area contributed by atoms with Crippen molar-refractivity contribution in [2.24, 2.45) is 5.92 Å². The van der Waals surface area contributed by atoms with E-state index in [-0.39, 0.29) is 5.92 Å². The average Bonchev–Trinajstić information content (AvgIpc) is 2.76. The van der Waals surface area contributed by atoms with E-state index in [4.69, 9.17) is 0 Å². The SMILES string of the molecule is CCCNC1CCC(c2ccc(C(F)(F)F)c(F)c2)C1C. The smallest absolute Gasteiger partial charge is 0.314 e. The van der Waals surface area contributed by atoms with Gasteiger partial charge in [0.2, 0.25) is 0 Å². The monoisotopic (exact) mass is 303 g/mol. The highest BCUT2D eigenvalue weighted by Gasteiger charge is 2.36. The number of benzene rings is 1. The summed E-state index contributed by atoms with van der Waals surface area (Å²) < 4.78 is 51.4. The van der Waals surface area contributed by atoms with Crippen molar-refractivity contribution < 1.29 is 17.6 Å². The molecule has 3 atom stereocenters. The van der Waals surface area contributed by atoms with Crippen LogP contribution in [0.2, 0.25) is 0 Å². The third-order valence-electron chi connectivity index (χ3n) is 4.44. The molecule has 1 N–H and O–H groups in total. The van der Waals surface area contributed by atoms with Crippen LogP contribution in [0.25, 0.3) is 0 Å². The lowest BCUT2D eigenvalue weighted by Crippen LogP contribution is -2.32. The third-order valence-corrected chi connectivity index (χ3v) is 4.44. The van der Waals surface area contributed by atoms with Crippen molar-refractivity contribution in [1.29, 1.82) is 0 Å². The summed E-state index contributed by atoms with van der Waals surface area (Å²) in [5, 5.41) is 3.46. The molecule has 5 heteroatoms. The summed E-state index contributed by atoms with van der Waals surface area (Å²) in [5.74, 6) is -0.749. The second kappa shape index (κ2) is 6.34. The second-order valence-corrected chi connectivity index (χ2v) is 5.84. The van der Waals surface area contributed by atoms with E-state index in [1.165, 1.54) is 6.07 Å². The highest BCUT2D eigenvalue weighted by molar-refractivity contribution is 5.30. The maximum absolute atomic E-state index is 13.7. The summed E-state index contributed by atoms with van der Waals surface area (Å²) in [6, 6.07) is 3.71. The zero-order valence-corrected chi connectivity index (χ0v) is 12.3. The van der Waals surface area contributed by atoms with Crippen molar-refractivity contribution in [3.63, 3.8) is 0 Å². The van der Waals surface area contributed by atoms with Crippen molar-refractivity contribution in [2.45, 2.75) is 51.2 Å². The summed E-state index contributed by atoms with van der Waals surface area (Å²) in [6.45, 7) is 5.11. The van der Waals surface area contributed by atoms with Crippen molar-refractivity contribution >= 4 is 0 Å². The Morgan fingerprint density at radius 3 is 2.52 bits per heavy atom. The van der Waals surface area contributed by atoms with Crippen LogP contribution in [-0.4, -0.2) is 12.6 Å². The van der Waals surface area contributed by atoms with Gasteiger partial charge in [0.05, 0.1) is 5.56 Å². The number of hydrogen-bond donors (Lipinski definition) is 1. The molecule has 2 rings (SSSR count). The molecule has 118 valence electrons. The minimum Gasteiger partial charge on any atom is -0.314 e. The predicted octanol–water partition coefficient (Wildman–Crippen LogP) is 4.73. The lowest BCUT2D eigenvalue weighted by atomic mass is 9.88. The Labute approximate surface area is 122 Å². The average molecular weight is 303 g/mol. The molecule has 1 nitrogen and oxygen atoms in total. The minimum absolute atomic E-state index is 0.121. The van der Waals surface area contributed by atoms with Gasteiger partial charge in [0.1, 0.15) is 5.82 Å². The van der Waals surface area contributed by atoms with Crippen LogP contribution in [0.5, 0.6) is 0 Å². The Hall–Kier alpha value is -1.10. The highest BCUT2D eigenvalue weighted by atomic mass is 19.4. The molecule has 0 aromatic heterocycles. The van der Waals surface area contributed by atoms with Gasteiger partial charge in [0, 0.05) is 6.04 Å². The van der Waals surface area contributed by atoms with Gasteiger partial charge in [-0.05, 0) is 55.3 Å². The van der Waals surface area contributed by atoms with Crippen LogP contribution in [0.4, 0.5) is 17.6 Å². The van der Waals surface area contributed by atoms with Gasteiger partial charge in [-0.3, -0.25) is 0 Å². The molecule has 1 aliphatic rings. The minimum atomic E-state index is -4.63. The molecule has 1 aliphatic carbocycles. The van der Waals surface area contributed by atoms with Crippen LogP contribution in [0.1, 0.15) is 50.2 Å². The van der Waals surface area contributed by atoms with E-state index >= 15 is 0 Å². The van der Waals surface area contributed by atoms with Crippen molar-refractivity contribution in [2.75, 3.05) is 6.54 Å². The first-order valence-electron chi connectivity index (χ1n) is 7.44. The molecule has 0 radical (unpaired) electrons. The van der Waals surface area contributed by atoms with Gasteiger partial charge in [0.15, 0.2) is 0 Å².